The number of nitrogens with zero attached hydrogens (tertiary/aromatic N) is 3. The van der Waals surface area contributed by atoms with Gasteiger partial charge in [-0.15, -0.1) is 0 Å². The highest BCUT2D eigenvalue weighted by molar-refractivity contribution is 5.95. The van der Waals surface area contributed by atoms with E-state index in [9.17, 15) is 9.18 Å². The van der Waals surface area contributed by atoms with Crippen LogP contribution in [0.1, 0.15) is 10.4 Å². The Labute approximate surface area is 202 Å². The molecule has 4 aromatic rings. The molecule has 3 aromatic carbocycles. The summed E-state index contributed by atoms with van der Waals surface area (Å²) >= 11 is 0. The Kier molecular flexibility index (Phi) is 6.60. The fraction of sp³-hybridized carbons (Fsp3) is 0.231. The number of rotatable bonds is 7. The van der Waals surface area contributed by atoms with Gasteiger partial charge in [-0.2, -0.15) is 5.10 Å². The Hall–Kier alpha value is -3.95. The van der Waals surface area contributed by atoms with E-state index in [1.165, 1.54) is 6.07 Å². The van der Waals surface area contributed by atoms with Gasteiger partial charge in [-0.25, -0.2) is 9.07 Å². The molecule has 0 bridgehead atoms. The molecule has 180 valence electrons. The quantitative estimate of drug-likeness (QED) is 0.355. The van der Waals surface area contributed by atoms with Gasteiger partial charge in [-0.05, 0) is 48.5 Å². The number of anilines is 3. The molecule has 35 heavy (non-hydrogen) atoms. The van der Waals surface area contributed by atoms with Crippen LogP contribution in [0.25, 0.3) is 16.6 Å². The highest BCUT2D eigenvalue weighted by Gasteiger charge is 2.13. The Morgan fingerprint density at radius 1 is 1.09 bits per heavy atom. The summed E-state index contributed by atoms with van der Waals surface area (Å²) in [6, 6.07) is 17.6. The first-order valence-corrected chi connectivity index (χ1v) is 11.6. The Balaban J connectivity index is 1.30. The van der Waals surface area contributed by atoms with Gasteiger partial charge in [0.15, 0.2) is 0 Å². The lowest BCUT2D eigenvalue weighted by molar-refractivity contribution is 0.0383. The van der Waals surface area contributed by atoms with Gasteiger partial charge >= 0.3 is 0 Å². The first-order valence-electron chi connectivity index (χ1n) is 11.6. The van der Waals surface area contributed by atoms with E-state index in [1.54, 1.807) is 29.1 Å². The van der Waals surface area contributed by atoms with Crippen molar-refractivity contribution in [1.29, 1.82) is 0 Å². The number of fused-ring (bicyclic) bond motifs is 1. The second kappa shape index (κ2) is 10.1. The monoisotopic (exact) mass is 474 g/mol. The van der Waals surface area contributed by atoms with Gasteiger partial charge in [-0.1, -0.05) is 12.1 Å². The molecular formula is C26H27FN6O2. The molecule has 0 unspecified atom stereocenters. The third-order valence-corrected chi connectivity index (χ3v) is 6.05. The predicted molar refractivity (Wildman–Crippen MR) is 135 cm³/mol. The largest absolute Gasteiger partial charge is 0.397 e. The second-order valence-corrected chi connectivity index (χ2v) is 8.42. The Morgan fingerprint density at radius 3 is 2.74 bits per heavy atom. The van der Waals surface area contributed by atoms with Crippen LogP contribution in [-0.2, 0) is 4.74 Å². The Bertz CT molecular complexity index is 1330. The second-order valence-electron chi connectivity index (χ2n) is 8.42. The van der Waals surface area contributed by atoms with E-state index in [0.717, 1.165) is 49.4 Å². The number of nitrogen functional groups attached to an aromatic ring is 1. The number of benzene rings is 3. The van der Waals surface area contributed by atoms with Gasteiger partial charge in [0.05, 0.1) is 42.0 Å². The van der Waals surface area contributed by atoms with Crippen LogP contribution in [0.4, 0.5) is 21.5 Å². The maximum Gasteiger partial charge on any atom is 0.251 e. The zero-order valence-electron chi connectivity index (χ0n) is 19.2. The molecular weight excluding hydrogens is 447 g/mol. The topological polar surface area (TPSA) is 97.4 Å². The molecule has 8 nitrogen and oxygen atoms in total. The van der Waals surface area contributed by atoms with Crippen LogP contribution in [0.15, 0.2) is 66.9 Å². The lowest BCUT2D eigenvalue weighted by atomic mass is 10.1. The molecule has 4 N–H and O–H groups in total. The summed E-state index contributed by atoms with van der Waals surface area (Å²) in [5, 5.41) is 11.4. The number of ether oxygens (including phenoxy) is 1. The van der Waals surface area contributed by atoms with Crippen molar-refractivity contribution in [3.8, 4) is 5.69 Å². The molecule has 0 radical (unpaired) electrons. The van der Waals surface area contributed by atoms with E-state index in [4.69, 9.17) is 10.5 Å². The molecule has 1 fully saturated rings. The summed E-state index contributed by atoms with van der Waals surface area (Å²) in [6.45, 7) is 4.64. The van der Waals surface area contributed by atoms with Crippen molar-refractivity contribution in [2.45, 2.75) is 0 Å². The van der Waals surface area contributed by atoms with Gasteiger partial charge in [0.25, 0.3) is 5.91 Å². The molecule has 1 saturated heterocycles. The smallest absolute Gasteiger partial charge is 0.251 e. The number of nitrogens with two attached hydrogens (primary N) is 1. The van der Waals surface area contributed by atoms with E-state index in [-0.39, 0.29) is 11.6 Å². The van der Waals surface area contributed by atoms with Crippen molar-refractivity contribution in [3.63, 3.8) is 0 Å². The molecule has 0 spiro atoms. The first kappa shape index (κ1) is 22.8. The fourth-order valence-electron chi connectivity index (χ4n) is 4.17. The number of carbonyl (C=O) groups excluding carboxylic acids is 1. The molecule has 5 rings (SSSR count). The minimum atomic E-state index is -0.416. The average Bonchev–Trinajstić information content (AvgIpc) is 3.30. The summed E-state index contributed by atoms with van der Waals surface area (Å²) < 4.78 is 21.3. The van der Waals surface area contributed by atoms with Crippen LogP contribution >= 0.6 is 0 Å². The van der Waals surface area contributed by atoms with Crippen LogP contribution in [0, 0.1) is 5.82 Å². The lowest BCUT2D eigenvalue weighted by Crippen LogP contribution is -2.41. The van der Waals surface area contributed by atoms with Crippen LogP contribution in [0.3, 0.4) is 0 Å². The van der Waals surface area contributed by atoms with Gasteiger partial charge in [0.2, 0.25) is 0 Å². The number of carbonyl (C=O) groups is 1. The number of morpholine rings is 1. The summed E-state index contributed by atoms with van der Waals surface area (Å²) in [5.74, 6) is -0.536. The van der Waals surface area contributed by atoms with Crippen LogP contribution < -0.4 is 16.4 Å². The Morgan fingerprint density at radius 2 is 1.91 bits per heavy atom. The lowest BCUT2D eigenvalue weighted by Gasteiger charge is -2.26. The maximum atomic E-state index is 14.2. The number of amides is 1. The molecule has 2 heterocycles. The van der Waals surface area contributed by atoms with E-state index >= 15 is 0 Å². The number of hydrogen-bond donors (Lipinski definition) is 3. The van der Waals surface area contributed by atoms with Gasteiger partial charge in [-0.3, -0.25) is 9.69 Å². The van der Waals surface area contributed by atoms with Crippen LogP contribution in [0.2, 0.25) is 0 Å². The normalized spacial score (nSPS) is 14.2. The molecule has 0 aliphatic carbocycles. The summed E-state index contributed by atoms with van der Waals surface area (Å²) in [4.78, 5) is 15.0. The molecule has 9 heteroatoms. The molecule has 0 saturated carbocycles. The predicted octanol–water partition coefficient (Wildman–Crippen LogP) is 3.55. The number of aromatic nitrogens is 2. The first-order chi connectivity index (χ1) is 17.1. The summed E-state index contributed by atoms with van der Waals surface area (Å²) in [6.07, 6.45) is 1.74. The average molecular weight is 475 g/mol. The zero-order valence-corrected chi connectivity index (χ0v) is 19.2. The summed E-state index contributed by atoms with van der Waals surface area (Å²) in [5.41, 5.74) is 9.39. The van der Waals surface area contributed by atoms with Crippen LogP contribution in [0.5, 0.6) is 0 Å². The van der Waals surface area contributed by atoms with Gasteiger partial charge in [0.1, 0.15) is 5.82 Å². The van der Waals surface area contributed by atoms with Crippen molar-refractivity contribution in [1.82, 2.24) is 20.0 Å². The number of hydrogen-bond acceptors (Lipinski definition) is 6. The third-order valence-electron chi connectivity index (χ3n) is 6.05. The third kappa shape index (κ3) is 5.11. The van der Waals surface area contributed by atoms with Crippen molar-refractivity contribution in [3.05, 3.63) is 78.2 Å². The zero-order chi connectivity index (χ0) is 24.2. The number of nitrogens with one attached hydrogen (secondary N) is 2. The van der Waals surface area contributed by atoms with E-state index < -0.39 is 5.82 Å². The van der Waals surface area contributed by atoms with E-state index in [0.29, 0.717) is 23.5 Å². The van der Waals surface area contributed by atoms with Crippen molar-refractivity contribution >= 4 is 33.9 Å². The van der Waals surface area contributed by atoms with Crippen molar-refractivity contribution in [2.75, 3.05) is 50.4 Å². The minimum Gasteiger partial charge on any atom is -0.397 e. The number of para-hydroxylation sites is 1. The fourth-order valence-corrected chi connectivity index (χ4v) is 4.17. The van der Waals surface area contributed by atoms with Crippen molar-refractivity contribution < 1.29 is 13.9 Å². The number of halogens is 1. The molecule has 1 amide bonds. The SMILES string of the molecule is Nc1cccc(F)c1Nc1ccc2c(cnn2-c2cccc(C(=O)NCCN3CCOCC3)c2)c1. The highest BCUT2D eigenvalue weighted by atomic mass is 19.1. The maximum absolute atomic E-state index is 14.2. The minimum absolute atomic E-state index is 0.120. The van der Waals surface area contributed by atoms with Gasteiger partial charge < -0.3 is 21.1 Å². The highest BCUT2D eigenvalue weighted by Crippen LogP contribution is 2.29. The molecule has 1 aliphatic rings. The molecule has 1 aliphatic heterocycles. The van der Waals surface area contributed by atoms with E-state index in [2.05, 4.69) is 20.6 Å². The summed E-state index contributed by atoms with van der Waals surface area (Å²) in [7, 11) is 0. The molecule has 0 atom stereocenters. The van der Waals surface area contributed by atoms with E-state index in [1.807, 2.05) is 36.4 Å². The van der Waals surface area contributed by atoms with Crippen molar-refractivity contribution in [2.24, 2.45) is 0 Å². The standard InChI is InChI=1S/C26H27FN6O2/c27-22-5-2-6-23(28)25(22)31-20-7-8-24-19(15-20)17-30-33(24)21-4-1-3-18(16-21)26(34)29-9-10-32-11-13-35-14-12-32/h1-8,15-17,31H,9-14,28H2,(H,29,34). The van der Waals surface area contributed by atoms with Crippen LogP contribution in [-0.4, -0.2) is 60.0 Å². The van der Waals surface area contributed by atoms with Gasteiger partial charge in [0, 0.05) is 42.8 Å². The molecule has 1 aromatic heterocycles.